The van der Waals surface area contributed by atoms with Crippen LogP contribution in [0.15, 0.2) is 18.2 Å². The van der Waals surface area contributed by atoms with E-state index in [1.807, 2.05) is 0 Å². The Balaban J connectivity index is 2.41. The van der Waals surface area contributed by atoms with Gasteiger partial charge < -0.3 is 4.74 Å². The van der Waals surface area contributed by atoms with Crippen LogP contribution in [0.5, 0.6) is 0 Å². The van der Waals surface area contributed by atoms with Crippen molar-refractivity contribution in [1.82, 2.24) is 4.98 Å². The lowest BCUT2D eigenvalue weighted by atomic mass is 9.84. The molecule has 0 saturated carbocycles. The van der Waals surface area contributed by atoms with Gasteiger partial charge in [-0.05, 0) is 18.6 Å². The molecule has 0 N–H and O–H groups in total. The first-order valence-corrected chi connectivity index (χ1v) is 4.64. The van der Waals surface area contributed by atoms with Crippen molar-refractivity contribution in [2.45, 2.75) is 18.3 Å². The van der Waals surface area contributed by atoms with Gasteiger partial charge in [-0.3, -0.25) is 0 Å². The molecular formula is C10H10F3NO. The molecule has 1 atom stereocenters. The average Bonchev–Trinajstić information content (AvgIpc) is 2.67. The molecule has 2 nitrogen and oxygen atoms in total. The number of ether oxygens (including phenoxy) is 1. The lowest BCUT2D eigenvalue weighted by Gasteiger charge is -2.25. The molecule has 15 heavy (non-hydrogen) atoms. The lowest BCUT2D eigenvalue weighted by Crippen LogP contribution is -2.36. The first-order chi connectivity index (χ1) is 7.15. The maximum absolute atomic E-state index is 13.0. The van der Waals surface area contributed by atoms with Gasteiger partial charge in [0.15, 0.2) is 0 Å². The van der Waals surface area contributed by atoms with Crippen LogP contribution in [0.4, 0.5) is 13.2 Å². The van der Waals surface area contributed by atoms with Crippen LogP contribution in [0, 0.1) is 5.95 Å². The Morgan fingerprint density at radius 1 is 1.40 bits per heavy atom. The number of halogens is 3. The van der Waals surface area contributed by atoms with Crippen molar-refractivity contribution in [3.63, 3.8) is 0 Å². The molecule has 0 amide bonds. The second-order valence-corrected chi connectivity index (χ2v) is 3.60. The van der Waals surface area contributed by atoms with Crippen LogP contribution in [0.2, 0.25) is 0 Å². The second kappa shape index (κ2) is 3.81. The number of pyridine rings is 1. The number of hydrogen-bond acceptors (Lipinski definition) is 2. The van der Waals surface area contributed by atoms with Gasteiger partial charge in [0, 0.05) is 6.61 Å². The van der Waals surface area contributed by atoms with Crippen LogP contribution in [0.1, 0.15) is 12.1 Å². The summed E-state index contributed by atoms with van der Waals surface area (Å²) >= 11 is 0. The van der Waals surface area contributed by atoms with Gasteiger partial charge in [0.05, 0.1) is 17.7 Å². The van der Waals surface area contributed by atoms with Gasteiger partial charge in [0.2, 0.25) is 5.95 Å². The molecule has 0 spiro atoms. The summed E-state index contributed by atoms with van der Waals surface area (Å²) in [5.74, 6) is -0.737. The lowest BCUT2D eigenvalue weighted by molar-refractivity contribution is 0.0364. The Kier molecular flexibility index (Phi) is 2.65. The molecule has 2 heterocycles. The maximum Gasteiger partial charge on any atom is 0.251 e. The number of nitrogens with zero attached hydrogens (tertiary/aromatic N) is 1. The van der Waals surface area contributed by atoms with Crippen LogP contribution in [0.3, 0.4) is 0 Å². The topological polar surface area (TPSA) is 22.1 Å². The minimum absolute atomic E-state index is 0.0787. The van der Waals surface area contributed by atoms with Crippen molar-refractivity contribution in [3.05, 3.63) is 29.8 Å². The van der Waals surface area contributed by atoms with Crippen molar-refractivity contribution in [1.29, 1.82) is 0 Å². The molecule has 1 saturated heterocycles. The monoisotopic (exact) mass is 217 g/mol. The summed E-state index contributed by atoms with van der Waals surface area (Å²) < 4.78 is 43.8. The fourth-order valence-electron chi connectivity index (χ4n) is 1.75. The zero-order chi connectivity index (χ0) is 10.9. The largest absolute Gasteiger partial charge is 0.380 e. The van der Waals surface area contributed by atoms with Gasteiger partial charge in [-0.25, -0.2) is 13.8 Å². The van der Waals surface area contributed by atoms with Gasteiger partial charge >= 0.3 is 0 Å². The van der Waals surface area contributed by atoms with Crippen LogP contribution in [0.25, 0.3) is 0 Å². The zero-order valence-electron chi connectivity index (χ0n) is 7.92. The van der Waals surface area contributed by atoms with Gasteiger partial charge in [-0.2, -0.15) is 4.39 Å². The molecule has 0 aromatic carbocycles. The molecule has 1 aliphatic heterocycles. The quantitative estimate of drug-likeness (QED) is 0.708. The van der Waals surface area contributed by atoms with Crippen LogP contribution in [-0.2, 0) is 10.2 Å². The fraction of sp³-hybridized carbons (Fsp3) is 0.500. The molecule has 5 heteroatoms. The predicted octanol–water partition coefficient (Wildman–Crippen LogP) is 2.14. The van der Waals surface area contributed by atoms with Crippen molar-refractivity contribution in [3.8, 4) is 0 Å². The molecular weight excluding hydrogens is 207 g/mol. The van der Waals surface area contributed by atoms with Crippen LogP contribution < -0.4 is 0 Å². The van der Waals surface area contributed by atoms with Crippen LogP contribution >= 0.6 is 0 Å². The molecule has 2 rings (SSSR count). The maximum atomic E-state index is 13.0. The van der Waals surface area contributed by atoms with Crippen molar-refractivity contribution < 1.29 is 17.9 Å². The van der Waals surface area contributed by atoms with E-state index in [-0.39, 0.29) is 25.3 Å². The Morgan fingerprint density at radius 2 is 2.20 bits per heavy atom. The Morgan fingerprint density at radius 3 is 2.73 bits per heavy atom. The summed E-state index contributed by atoms with van der Waals surface area (Å²) in [5, 5.41) is 0. The highest BCUT2D eigenvalue weighted by Gasteiger charge is 2.46. The Bertz CT molecular complexity index is 350. The summed E-state index contributed by atoms with van der Waals surface area (Å²) in [7, 11) is 0. The molecule has 1 aromatic heterocycles. The van der Waals surface area contributed by atoms with Crippen molar-refractivity contribution >= 4 is 0 Å². The Labute approximate surface area is 85.1 Å². The number of alkyl halides is 2. The van der Waals surface area contributed by atoms with Gasteiger partial charge in [0.1, 0.15) is 0 Å². The van der Waals surface area contributed by atoms with Crippen molar-refractivity contribution in [2.75, 3.05) is 13.2 Å². The van der Waals surface area contributed by atoms with E-state index < -0.39 is 17.8 Å². The van der Waals surface area contributed by atoms with E-state index in [9.17, 15) is 13.2 Å². The highest BCUT2D eigenvalue weighted by atomic mass is 19.3. The van der Waals surface area contributed by atoms with E-state index in [4.69, 9.17) is 4.74 Å². The van der Waals surface area contributed by atoms with Gasteiger partial charge in [-0.1, -0.05) is 6.07 Å². The normalized spacial score (nSPS) is 26.1. The van der Waals surface area contributed by atoms with Crippen molar-refractivity contribution in [2.24, 2.45) is 0 Å². The molecule has 82 valence electrons. The summed E-state index contributed by atoms with van der Waals surface area (Å²) in [5.41, 5.74) is -1.35. The van der Waals surface area contributed by atoms with Gasteiger partial charge in [0.25, 0.3) is 6.43 Å². The van der Waals surface area contributed by atoms with E-state index in [0.717, 1.165) is 6.07 Å². The Hall–Kier alpha value is -1.10. The minimum atomic E-state index is -2.59. The third-order valence-electron chi connectivity index (χ3n) is 2.70. The van der Waals surface area contributed by atoms with E-state index >= 15 is 0 Å². The predicted molar refractivity (Wildman–Crippen MR) is 47.3 cm³/mol. The second-order valence-electron chi connectivity index (χ2n) is 3.60. The molecule has 0 aliphatic carbocycles. The molecule has 1 unspecified atom stereocenters. The molecule has 1 fully saturated rings. The summed E-state index contributed by atoms with van der Waals surface area (Å²) in [4.78, 5) is 3.52. The summed E-state index contributed by atoms with van der Waals surface area (Å²) in [6.45, 7) is 0.170. The molecule has 1 aliphatic rings. The van der Waals surface area contributed by atoms with E-state index in [1.54, 1.807) is 0 Å². The average molecular weight is 217 g/mol. The standard InChI is InChI=1S/C10H10F3NO/c11-8-3-1-2-7(14-8)10(9(12)13)4-5-15-6-10/h1-3,9H,4-6H2. The highest BCUT2D eigenvalue weighted by Crippen LogP contribution is 2.37. The van der Waals surface area contributed by atoms with Gasteiger partial charge in [-0.15, -0.1) is 0 Å². The molecule has 0 bridgehead atoms. The number of hydrogen-bond donors (Lipinski definition) is 0. The SMILES string of the molecule is Fc1cccc(C2(C(F)F)CCOC2)n1. The molecule has 1 aromatic rings. The zero-order valence-corrected chi connectivity index (χ0v) is 7.92. The smallest absolute Gasteiger partial charge is 0.251 e. The number of rotatable bonds is 2. The van der Waals surface area contributed by atoms with Crippen LogP contribution in [-0.4, -0.2) is 24.6 Å². The highest BCUT2D eigenvalue weighted by molar-refractivity contribution is 5.20. The first-order valence-electron chi connectivity index (χ1n) is 4.64. The summed E-state index contributed by atoms with van der Waals surface area (Å²) in [6.07, 6.45) is -2.41. The fourth-order valence-corrected chi connectivity index (χ4v) is 1.75. The van der Waals surface area contributed by atoms with E-state index in [1.165, 1.54) is 12.1 Å². The number of aromatic nitrogens is 1. The summed E-state index contributed by atoms with van der Waals surface area (Å²) in [6, 6.07) is 3.95. The van der Waals surface area contributed by atoms with E-state index in [2.05, 4.69) is 4.98 Å². The van der Waals surface area contributed by atoms with E-state index in [0.29, 0.717) is 0 Å². The first kappa shape index (κ1) is 10.4. The molecule has 0 radical (unpaired) electrons. The third-order valence-corrected chi connectivity index (χ3v) is 2.70. The third kappa shape index (κ3) is 1.71. The minimum Gasteiger partial charge on any atom is -0.380 e.